The highest BCUT2D eigenvalue weighted by atomic mass is 15.2. The quantitative estimate of drug-likeness (QED) is 0.861. The number of rotatable bonds is 5. The lowest BCUT2D eigenvalue weighted by Gasteiger charge is -2.22. The lowest BCUT2D eigenvalue weighted by molar-refractivity contribution is 0.437. The van der Waals surface area contributed by atoms with Gasteiger partial charge in [0, 0.05) is 18.3 Å². The van der Waals surface area contributed by atoms with Crippen LogP contribution < -0.4 is 5.32 Å². The van der Waals surface area contributed by atoms with E-state index in [4.69, 9.17) is 0 Å². The molecule has 2 aromatic heterocycles. The average Bonchev–Trinajstić information content (AvgIpc) is 2.77. The predicted octanol–water partition coefficient (Wildman–Crippen LogP) is 2.97. The molecule has 1 unspecified atom stereocenters. The topological polar surface area (TPSA) is 42.2 Å². The molecule has 17 heavy (non-hydrogen) atoms. The van der Waals surface area contributed by atoms with Gasteiger partial charge in [-0.05, 0) is 18.9 Å². The molecule has 4 heteroatoms. The van der Waals surface area contributed by atoms with Gasteiger partial charge in [0.15, 0.2) is 5.65 Å². The number of nitrogens with one attached hydrogen (secondary N) is 1. The number of aromatic nitrogens is 3. The highest BCUT2D eigenvalue weighted by molar-refractivity contribution is 5.45. The number of hydrogen-bond acceptors (Lipinski definition) is 3. The van der Waals surface area contributed by atoms with E-state index in [-0.39, 0.29) is 0 Å². The van der Waals surface area contributed by atoms with E-state index in [1.54, 1.807) is 10.7 Å². The Kier molecular flexibility index (Phi) is 3.61. The highest BCUT2D eigenvalue weighted by Gasteiger charge is 2.13. The van der Waals surface area contributed by atoms with Crippen molar-refractivity contribution >= 4 is 11.5 Å². The van der Waals surface area contributed by atoms with Crippen LogP contribution in [0.5, 0.6) is 0 Å². The van der Waals surface area contributed by atoms with E-state index in [2.05, 4.69) is 36.2 Å². The third kappa shape index (κ3) is 2.57. The molecule has 2 aromatic rings. The SMILES string of the molecule is CCC(CC)C(C)Nc1ccn2nccc2n1. The lowest BCUT2D eigenvalue weighted by atomic mass is 9.95. The summed E-state index contributed by atoms with van der Waals surface area (Å²) in [6.07, 6.45) is 6.08. The maximum Gasteiger partial charge on any atom is 0.157 e. The van der Waals surface area contributed by atoms with Crippen LogP contribution in [0.15, 0.2) is 24.5 Å². The molecule has 4 nitrogen and oxygen atoms in total. The van der Waals surface area contributed by atoms with Crippen molar-refractivity contribution < 1.29 is 0 Å². The molecule has 0 aliphatic carbocycles. The van der Waals surface area contributed by atoms with Crippen molar-refractivity contribution in [3.05, 3.63) is 24.5 Å². The molecule has 0 fully saturated rings. The standard InChI is InChI=1S/C13H20N4/c1-4-11(5-2)10(3)15-12-7-9-17-13(16-12)6-8-14-17/h6-11H,4-5H2,1-3H3,(H,15,16). The number of hydrogen-bond donors (Lipinski definition) is 1. The van der Waals surface area contributed by atoms with E-state index in [1.165, 1.54) is 12.8 Å². The van der Waals surface area contributed by atoms with Gasteiger partial charge < -0.3 is 5.32 Å². The molecule has 0 saturated carbocycles. The smallest absolute Gasteiger partial charge is 0.157 e. The molecule has 0 aliphatic rings. The van der Waals surface area contributed by atoms with Crippen molar-refractivity contribution in [2.75, 3.05) is 5.32 Å². The minimum atomic E-state index is 0.447. The third-order valence-corrected chi connectivity index (χ3v) is 3.39. The highest BCUT2D eigenvalue weighted by Crippen LogP contribution is 2.17. The monoisotopic (exact) mass is 232 g/mol. The molecule has 0 radical (unpaired) electrons. The first-order chi connectivity index (χ1) is 8.24. The minimum Gasteiger partial charge on any atom is -0.367 e. The van der Waals surface area contributed by atoms with Gasteiger partial charge in [0.25, 0.3) is 0 Å². The average molecular weight is 232 g/mol. The summed E-state index contributed by atoms with van der Waals surface area (Å²) in [6.45, 7) is 6.69. The van der Waals surface area contributed by atoms with E-state index < -0.39 is 0 Å². The van der Waals surface area contributed by atoms with E-state index >= 15 is 0 Å². The van der Waals surface area contributed by atoms with Crippen LogP contribution in [-0.2, 0) is 0 Å². The fourth-order valence-electron chi connectivity index (χ4n) is 2.24. The summed E-state index contributed by atoms with van der Waals surface area (Å²) in [5, 5.41) is 7.61. The summed E-state index contributed by atoms with van der Waals surface area (Å²) in [5.41, 5.74) is 0.881. The van der Waals surface area contributed by atoms with Crippen LogP contribution in [0.2, 0.25) is 0 Å². The molecule has 0 amide bonds. The Morgan fingerprint density at radius 2 is 2.06 bits per heavy atom. The normalized spacial score (nSPS) is 13.2. The van der Waals surface area contributed by atoms with Gasteiger partial charge in [-0.2, -0.15) is 5.10 Å². The molecule has 2 rings (SSSR count). The van der Waals surface area contributed by atoms with Gasteiger partial charge in [0.2, 0.25) is 0 Å². The van der Waals surface area contributed by atoms with Crippen LogP contribution in [0.4, 0.5) is 5.82 Å². The molecule has 0 aromatic carbocycles. The van der Waals surface area contributed by atoms with Crippen LogP contribution in [0.3, 0.4) is 0 Å². The van der Waals surface area contributed by atoms with Crippen LogP contribution in [0.1, 0.15) is 33.6 Å². The van der Waals surface area contributed by atoms with Gasteiger partial charge >= 0.3 is 0 Å². The fraction of sp³-hybridized carbons (Fsp3) is 0.538. The van der Waals surface area contributed by atoms with E-state index in [0.29, 0.717) is 12.0 Å². The molecule has 1 N–H and O–H groups in total. The zero-order valence-corrected chi connectivity index (χ0v) is 10.7. The second kappa shape index (κ2) is 5.17. The van der Waals surface area contributed by atoms with Crippen molar-refractivity contribution in [2.45, 2.75) is 39.7 Å². The lowest BCUT2D eigenvalue weighted by Crippen LogP contribution is -2.25. The van der Waals surface area contributed by atoms with Gasteiger partial charge in [-0.1, -0.05) is 26.7 Å². The van der Waals surface area contributed by atoms with E-state index in [1.807, 2.05) is 18.3 Å². The molecule has 2 heterocycles. The van der Waals surface area contributed by atoms with Crippen molar-refractivity contribution in [2.24, 2.45) is 5.92 Å². The van der Waals surface area contributed by atoms with Crippen molar-refractivity contribution in [1.82, 2.24) is 14.6 Å². The first-order valence-electron chi connectivity index (χ1n) is 6.31. The molecular formula is C13H20N4. The summed E-state index contributed by atoms with van der Waals surface area (Å²) in [5.74, 6) is 1.62. The van der Waals surface area contributed by atoms with Gasteiger partial charge in [-0.15, -0.1) is 0 Å². The zero-order valence-electron chi connectivity index (χ0n) is 10.7. The van der Waals surface area contributed by atoms with Gasteiger partial charge in [0.05, 0.1) is 6.20 Å². The predicted molar refractivity (Wildman–Crippen MR) is 70.1 cm³/mol. The fourth-order valence-corrected chi connectivity index (χ4v) is 2.24. The zero-order chi connectivity index (χ0) is 12.3. The molecule has 0 saturated heterocycles. The molecule has 1 atom stereocenters. The minimum absolute atomic E-state index is 0.447. The number of nitrogens with zero attached hydrogens (tertiary/aromatic N) is 3. The number of fused-ring (bicyclic) bond motifs is 1. The van der Waals surface area contributed by atoms with Crippen molar-refractivity contribution in [3.8, 4) is 0 Å². The molecule has 92 valence electrons. The Bertz CT molecular complexity index is 473. The van der Waals surface area contributed by atoms with Crippen LogP contribution >= 0.6 is 0 Å². The van der Waals surface area contributed by atoms with Crippen molar-refractivity contribution in [1.29, 1.82) is 0 Å². The van der Waals surface area contributed by atoms with Gasteiger partial charge in [-0.25, -0.2) is 9.50 Å². The Labute approximate surface area is 102 Å². The van der Waals surface area contributed by atoms with Gasteiger partial charge in [-0.3, -0.25) is 0 Å². The Balaban J connectivity index is 2.11. The Morgan fingerprint density at radius 1 is 1.29 bits per heavy atom. The Morgan fingerprint density at radius 3 is 2.76 bits per heavy atom. The largest absolute Gasteiger partial charge is 0.367 e. The maximum absolute atomic E-state index is 4.52. The summed E-state index contributed by atoms with van der Waals surface area (Å²) in [4.78, 5) is 4.52. The first kappa shape index (κ1) is 11.9. The first-order valence-corrected chi connectivity index (χ1v) is 6.31. The number of anilines is 1. The summed E-state index contributed by atoms with van der Waals surface area (Å²) in [7, 11) is 0. The molecule has 0 spiro atoms. The van der Waals surface area contributed by atoms with E-state index in [0.717, 1.165) is 11.5 Å². The second-order valence-electron chi connectivity index (χ2n) is 4.46. The summed E-state index contributed by atoms with van der Waals surface area (Å²) >= 11 is 0. The van der Waals surface area contributed by atoms with Crippen molar-refractivity contribution in [3.63, 3.8) is 0 Å². The Hall–Kier alpha value is -1.58. The van der Waals surface area contributed by atoms with Crippen LogP contribution in [-0.4, -0.2) is 20.6 Å². The van der Waals surface area contributed by atoms with Gasteiger partial charge in [0.1, 0.15) is 5.82 Å². The van der Waals surface area contributed by atoms with E-state index in [9.17, 15) is 0 Å². The van der Waals surface area contributed by atoms with Crippen LogP contribution in [0, 0.1) is 5.92 Å². The van der Waals surface area contributed by atoms with Crippen LogP contribution in [0.25, 0.3) is 5.65 Å². The third-order valence-electron chi connectivity index (χ3n) is 3.39. The second-order valence-corrected chi connectivity index (χ2v) is 4.46. The summed E-state index contributed by atoms with van der Waals surface area (Å²) in [6, 6.07) is 4.33. The molecule has 0 bridgehead atoms. The maximum atomic E-state index is 4.52. The summed E-state index contributed by atoms with van der Waals surface area (Å²) < 4.78 is 1.77. The molecular weight excluding hydrogens is 212 g/mol. The molecule has 0 aliphatic heterocycles.